The number of nitriles is 1. The molecule has 0 atom stereocenters. The molecule has 0 radical (unpaired) electrons. The van der Waals surface area contributed by atoms with E-state index >= 15 is 0 Å². The van der Waals surface area contributed by atoms with Crippen molar-refractivity contribution in [1.82, 2.24) is 0 Å². The molecule has 2 aromatic rings. The van der Waals surface area contributed by atoms with Gasteiger partial charge in [0.15, 0.2) is 0 Å². The molecule has 0 aliphatic rings. The van der Waals surface area contributed by atoms with Gasteiger partial charge in [-0.05, 0) is 19.1 Å². The Balaban J connectivity index is 2.32. The standard InChI is InChI=1S/C17H13NO4/c1-11-4-3-5-12(6-11)16(19)13(9-18)7-15-8-14(10-22-15)17(20)21-2/h3-8,10H,1-2H3/b13-7+. The molecule has 1 aromatic carbocycles. The van der Waals surface area contributed by atoms with Gasteiger partial charge in [-0.2, -0.15) is 5.26 Å². The molecule has 5 heteroatoms. The van der Waals surface area contributed by atoms with Gasteiger partial charge in [0.05, 0.1) is 12.7 Å². The fourth-order valence-corrected chi connectivity index (χ4v) is 1.89. The largest absolute Gasteiger partial charge is 0.465 e. The average Bonchev–Trinajstić information content (AvgIpc) is 2.99. The summed E-state index contributed by atoms with van der Waals surface area (Å²) in [5.74, 6) is -0.716. The smallest absolute Gasteiger partial charge is 0.341 e. The number of esters is 1. The second-order valence-electron chi connectivity index (χ2n) is 4.60. The minimum atomic E-state index is -0.549. The molecule has 0 spiro atoms. The molecule has 0 aliphatic carbocycles. The Kier molecular flexibility index (Phi) is 4.54. The third-order valence-electron chi connectivity index (χ3n) is 2.97. The number of aryl methyl sites for hydroxylation is 1. The van der Waals surface area contributed by atoms with Gasteiger partial charge in [0, 0.05) is 11.6 Å². The van der Waals surface area contributed by atoms with Gasteiger partial charge in [-0.25, -0.2) is 4.79 Å². The van der Waals surface area contributed by atoms with Crippen LogP contribution in [0.3, 0.4) is 0 Å². The lowest BCUT2D eigenvalue weighted by Gasteiger charge is -2.00. The average molecular weight is 295 g/mol. The Morgan fingerprint density at radius 3 is 2.68 bits per heavy atom. The number of hydrogen-bond donors (Lipinski definition) is 0. The first kappa shape index (κ1) is 15.3. The normalized spacial score (nSPS) is 10.9. The van der Waals surface area contributed by atoms with E-state index in [1.165, 1.54) is 25.5 Å². The van der Waals surface area contributed by atoms with E-state index in [1.54, 1.807) is 18.2 Å². The number of carbonyl (C=O) groups is 2. The van der Waals surface area contributed by atoms with Crippen LogP contribution in [0.1, 0.15) is 32.0 Å². The third-order valence-corrected chi connectivity index (χ3v) is 2.97. The summed E-state index contributed by atoms with van der Waals surface area (Å²) in [6.45, 7) is 1.86. The molecule has 1 aromatic heterocycles. The van der Waals surface area contributed by atoms with E-state index in [9.17, 15) is 14.9 Å². The van der Waals surface area contributed by atoms with Gasteiger partial charge in [-0.1, -0.05) is 23.8 Å². The SMILES string of the molecule is COC(=O)c1coc(/C=C(\C#N)C(=O)c2cccc(C)c2)c1. The van der Waals surface area contributed by atoms with E-state index in [1.807, 2.05) is 19.1 Å². The van der Waals surface area contributed by atoms with Crippen LogP contribution in [0.15, 0.2) is 46.6 Å². The molecular weight excluding hydrogens is 282 g/mol. The first-order valence-electron chi connectivity index (χ1n) is 6.45. The van der Waals surface area contributed by atoms with Crippen LogP contribution in [-0.2, 0) is 4.74 Å². The molecule has 5 nitrogen and oxygen atoms in total. The molecule has 0 saturated carbocycles. The highest BCUT2D eigenvalue weighted by molar-refractivity contribution is 6.14. The predicted octanol–water partition coefficient (Wildman–Crippen LogP) is 3.16. The van der Waals surface area contributed by atoms with Crippen LogP contribution in [0, 0.1) is 18.3 Å². The Hall–Kier alpha value is -3.13. The van der Waals surface area contributed by atoms with Crippen LogP contribution >= 0.6 is 0 Å². The highest BCUT2D eigenvalue weighted by atomic mass is 16.5. The first-order chi connectivity index (χ1) is 10.5. The number of allylic oxidation sites excluding steroid dienone is 1. The lowest BCUT2D eigenvalue weighted by atomic mass is 10.0. The molecule has 0 fully saturated rings. The molecule has 0 saturated heterocycles. The molecule has 0 N–H and O–H groups in total. The van der Waals surface area contributed by atoms with Crippen molar-refractivity contribution in [2.45, 2.75) is 6.92 Å². The van der Waals surface area contributed by atoms with Gasteiger partial charge in [0.1, 0.15) is 23.7 Å². The number of furan rings is 1. The van der Waals surface area contributed by atoms with Crippen LogP contribution < -0.4 is 0 Å². The lowest BCUT2D eigenvalue weighted by Crippen LogP contribution is -2.02. The first-order valence-corrected chi connectivity index (χ1v) is 6.45. The lowest BCUT2D eigenvalue weighted by molar-refractivity contribution is 0.0600. The summed E-state index contributed by atoms with van der Waals surface area (Å²) in [7, 11) is 1.26. The fourth-order valence-electron chi connectivity index (χ4n) is 1.89. The number of nitrogens with zero attached hydrogens (tertiary/aromatic N) is 1. The minimum absolute atomic E-state index is 0.0728. The zero-order valence-corrected chi connectivity index (χ0v) is 12.1. The summed E-state index contributed by atoms with van der Waals surface area (Å²) in [5, 5.41) is 9.18. The van der Waals surface area contributed by atoms with Crippen LogP contribution in [-0.4, -0.2) is 18.9 Å². The number of methoxy groups -OCH3 is 1. The van der Waals surface area contributed by atoms with Crippen molar-refractivity contribution in [1.29, 1.82) is 5.26 Å². The molecule has 22 heavy (non-hydrogen) atoms. The fraction of sp³-hybridized carbons (Fsp3) is 0.118. The molecule has 2 rings (SSSR count). The van der Waals surface area contributed by atoms with Gasteiger partial charge in [0.2, 0.25) is 5.78 Å². The van der Waals surface area contributed by atoms with Gasteiger partial charge in [0.25, 0.3) is 0 Å². The quantitative estimate of drug-likeness (QED) is 0.374. The van der Waals surface area contributed by atoms with Gasteiger partial charge < -0.3 is 9.15 Å². The number of hydrogen-bond acceptors (Lipinski definition) is 5. The van der Waals surface area contributed by atoms with Crippen molar-refractivity contribution in [2.75, 3.05) is 7.11 Å². The van der Waals surface area contributed by atoms with Crippen LogP contribution in [0.25, 0.3) is 6.08 Å². The molecule has 0 bridgehead atoms. The summed E-state index contributed by atoms with van der Waals surface area (Å²) in [6, 6.07) is 10.2. The Bertz CT molecular complexity index is 793. The second kappa shape index (κ2) is 6.55. The van der Waals surface area contributed by atoms with E-state index in [-0.39, 0.29) is 16.9 Å². The molecule has 110 valence electrons. The van der Waals surface area contributed by atoms with Gasteiger partial charge in [-0.3, -0.25) is 4.79 Å². The zero-order valence-electron chi connectivity index (χ0n) is 12.1. The maximum atomic E-state index is 12.3. The Morgan fingerprint density at radius 2 is 2.05 bits per heavy atom. The van der Waals surface area contributed by atoms with Crippen molar-refractivity contribution in [3.8, 4) is 6.07 Å². The summed E-state index contributed by atoms with van der Waals surface area (Å²) in [6.07, 6.45) is 2.51. The van der Waals surface area contributed by atoms with Crippen LogP contribution in [0.5, 0.6) is 0 Å². The third kappa shape index (κ3) is 3.30. The van der Waals surface area contributed by atoms with Crippen molar-refractivity contribution in [3.63, 3.8) is 0 Å². The summed E-state index contributed by atoms with van der Waals surface area (Å²) >= 11 is 0. The number of benzene rings is 1. The maximum Gasteiger partial charge on any atom is 0.341 e. The highest BCUT2D eigenvalue weighted by Crippen LogP contribution is 2.16. The summed E-state index contributed by atoms with van der Waals surface area (Å²) < 4.78 is 9.71. The monoisotopic (exact) mass is 295 g/mol. The molecule has 1 heterocycles. The van der Waals surface area contributed by atoms with Crippen molar-refractivity contribution < 1.29 is 18.7 Å². The zero-order chi connectivity index (χ0) is 16.1. The topological polar surface area (TPSA) is 80.3 Å². The molecular formula is C17H13NO4. The number of carbonyl (C=O) groups excluding carboxylic acids is 2. The predicted molar refractivity (Wildman–Crippen MR) is 79.1 cm³/mol. The second-order valence-corrected chi connectivity index (χ2v) is 4.60. The molecule has 0 aliphatic heterocycles. The van der Waals surface area contributed by atoms with E-state index in [2.05, 4.69) is 4.74 Å². The van der Waals surface area contributed by atoms with Crippen molar-refractivity contribution in [3.05, 3.63) is 64.6 Å². The summed E-state index contributed by atoms with van der Waals surface area (Å²) in [4.78, 5) is 23.6. The van der Waals surface area contributed by atoms with Crippen LogP contribution in [0.2, 0.25) is 0 Å². The minimum Gasteiger partial charge on any atom is -0.465 e. The summed E-state index contributed by atoms with van der Waals surface area (Å²) in [5.41, 5.74) is 1.49. The van der Waals surface area contributed by atoms with Gasteiger partial charge in [-0.15, -0.1) is 0 Å². The van der Waals surface area contributed by atoms with E-state index in [0.717, 1.165) is 5.56 Å². The molecule has 0 amide bonds. The van der Waals surface area contributed by atoms with E-state index in [0.29, 0.717) is 5.56 Å². The van der Waals surface area contributed by atoms with Gasteiger partial charge >= 0.3 is 5.97 Å². The Labute approximate surface area is 127 Å². The maximum absolute atomic E-state index is 12.3. The van der Waals surface area contributed by atoms with E-state index < -0.39 is 11.8 Å². The number of rotatable bonds is 4. The van der Waals surface area contributed by atoms with E-state index in [4.69, 9.17) is 4.42 Å². The van der Waals surface area contributed by atoms with Crippen molar-refractivity contribution in [2.24, 2.45) is 0 Å². The highest BCUT2D eigenvalue weighted by Gasteiger charge is 2.14. The van der Waals surface area contributed by atoms with Crippen molar-refractivity contribution >= 4 is 17.8 Å². The Morgan fingerprint density at radius 1 is 1.27 bits per heavy atom. The number of Topliss-reactive ketones (excluding diaryl/α,β-unsaturated/α-hetero) is 1. The number of ether oxygens (including phenoxy) is 1. The molecule has 0 unspecified atom stereocenters. The number of ketones is 1. The van der Waals surface area contributed by atoms with Crippen LogP contribution in [0.4, 0.5) is 0 Å².